The number of hydrogen-bond acceptors (Lipinski definition) is 6. The predicted octanol–water partition coefficient (Wildman–Crippen LogP) is 2.15. The van der Waals surface area contributed by atoms with Crippen molar-refractivity contribution in [1.29, 1.82) is 0 Å². The molecule has 1 aliphatic rings. The molecule has 25 heavy (non-hydrogen) atoms. The van der Waals surface area contributed by atoms with E-state index in [9.17, 15) is 8.42 Å². The number of halogens is 1. The average Bonchev–Trinajstić information content (AvgIpc) is 3.21. The van der Waals surface area contributed by atoms with E-state index in [2.05, 4.69) is 15.5 Å². The summed E-state index contributed by atoms with van der Waals surface area (Å²) in [7, 11) is -1.47. The number of aryl methyl sites for hydroxylation is 3. The SMILES string of the molecule is CNC(C)Cc1noc(CCS(=O)(=O)c2ccc3c(c2)CCC3)n1.Cl. The number of nitrogens with zero attached hydrogens (tertiary/aromatic N) is 2. The topological polar surface area (TPSA) is 85.1 Å². The summed E-state index contributed by atoms with van der Waals surface area (Å²) >= 11 is 0. The lowest BCUT2D eigenvalue weighted by molar-refractivity contribution is 0.374. The van der Waals surface area contributed by atoms with Crippen molar-refractivity contribution in [3.8, 4) is 0 Å². The molecule has 0 bridgehead atoms. The van der Waals surface area contributed by atoms with Crippen LogP contribution in [0.2, 0.25) is 0 Å². The van der Waals surface area contributed by atoms with Crippen molar-refractivity contribution >= 4 is 22.2 Å². The molecule has 0 fully saturated rings. The van der Waals surface area contributed by atoms with E-state index in [4.69, 9.17) is 4.52 Å². The maximum atomic E-state index is 12.5. The van der Waals surface area contributed by atoms with Crippen molar-refractivity contribution in [3.05, 3.63) is 41.0 Å². The number of sulfone groups is 1. The van der Waals surface area contributed by atoms with E-state index in [1.165, 1.54) is 5.56 Å². The molecule has 138 valence electrons. The van der Waals surface area contributed by atoms with Crippen LogP contribution in [0.1, 0.15) is 36.2 Å². The number of nitrogens with one attached hydrogen (secondary N) is 1. The summed E-state index contributed by atoms with van der Waals surface area (Å²) in [5.41, 5.74) is 2.44. The molecule has 8 heteroatoms. The first-order chi connectivity index (χ1) is 11.5. The van der Waals surface area contributed by atoms with E-state index in [-0.39, 0.29) is 30.6 Å². The minimum atomic E-state index is -3.34. The number of aromatic nitrogens is 2. The zero-order valence-corrected chi connectivity index (χ0v) is 16.1. The first-order valence-corrected chi connectivity index (χ1v) is 9.96. The Morgan fingerprint density at radius 3 is 2.80 bits per heavy atom. The lowest BCUT2D eigenvalue weighted by Gasteiger charge is -2.06. The molecule has 2 aromatic rings. The van der Waals surface area contributed by atoms with Gasteiger partial charge >= 0.3 is 0 Å². The molecule has 1 aromatic carbocycles. The van der Waals surface area contributed by atoms with Crippen LogP contribution < -0.4 is 5.32 Å². The molecule has 0 spiro atoms. The third-order valence-corrected chi connectivity index (χ3v) is 6.22. The van der Waals surface area contributed by atoms with Crippen molar-refractivity contribution in [3.63, 3.8) is 0 Å². The molecule has 0 amide bonds. The smallest absolute Gasteiger partial charge is 0.227 e. The van der Waals surface area contributed by atoms with Crippen LogP contribution >= 0.6 is 12.4 Å². The second kappa shape index (κ2) is 8.29. The minimum absolute atomic E-state index is 0. The molecule has 1 atom stereocenters. The van der Waals surface area contributed by atoms with Crippen molar-refractivity contribution in [2.45, 2.75) is 50.0 Å². The molecule has 1 aromatic heterocycles. The summed E-state index contributed by atoms with van der Waals surface area (Å²) in [5.74, 6) is 0.953. The number of fused-ring (bicyclic) bond motifs is 1. The standard InChI is InChI=1S/C17H23N3O3S.ClH/c1-12(18-2)10-16-19-17(23-20-16)8-9-24(21,22)15-7-6-13-4-3-5-14(13)11-15;/h6-7,11-12,18H,3-5,8-10H2,1-2H3;1H. The van der Waals surface area contributed by atoms with E-state index in [0.717, 1.165) is 24.8 Å². The molecule has 0 saturated carbocycles. The van der Waals surface area contributed by atoms with E-state index in [1.54, 1.807) is 6.07 Å². The molecule has 1 N–H and O–H groups in total. The van der Waals surface area contributed by atoms with Gasteiger partial charge in [-0.3, -0.25) is 0 Å². The second-order valence-electron chi connectivity index (χ2n) is 6.35. The first kappa shape index (κ1) is 19.9. The van der Waals surface area contributed by atoms with Gasteiger partial charge in [0.2, 0.25) is 5.89 Å². The van der Waals surface area contributed by atoms with Gasteiger partial charge in [0.05, 0.1) is 10.6 Å². The number of likely N-dealkylation sites (N-methyl/N-ethyl adjacent to an activating group) is 1. The van der Waals surface area contributed by atoms with Gasteiger partial charge in [0.1, 0.15) is 0 Å². The monoisotopic (exact) mass is 385 g/mol. The maximum Gasteiger partial charge on any atom is 0.227 e. The molecular weight excluding hydrogens is 362 g/mol. The van der Waals surface area contributed by atoms with Crippen molar-refractivity contribution in [1.82, 2.24) is 15.5 Å². The molecular formula is C17H24ClN3O3S. The Bertz CT molecular complexity index is 820. The van der Waals surface area contributed by atoms with Gasteiger partial charge in [-0.15, -0.1) is 12.4 Å². The largest absolute Gasteiger partial charge is 0.339 e. The van der Waals surface area contributed by atoms with Gasteiger partial charge < -0.3 is 9.84 Å². The van der Waals surface area contributed by atoms with Crippen LogP contribution in [0, 0.1) is 0 Å². The van der Waals surface area contributed by atoms with E-state index in [0.29, 0.717) is 23.0 Å². The highest BCUT2D eigenvalue weighted by Crippen LogP contribution is 2.25. The summed E-state index contributed by atoms with van der Waals surface area (Å²) < 4.78 is 30.2. The van der Waals surface area contributed by atoms with E-state index < -0.39 is 9.84 Å². The van der Waals surface area contributed by atoms with Crippen LogP contribution in [-0.4, -0.2) is 37.4 Å². The van der Waals surface area contributed by atoms with E-state index in [1.807, 2.05) is 26.1 Å². The van der Waals surface area contributed by atoms with Crippen LogP contribution in [0.25, 0.3) is 0 Å². The van der Waals surface area contributed by atoms with Crippen LogP contribution in [0.3, 0.4) is 0 Å². The lowest BCUT2D eigenvalue weighted by atomic mass is 10.1. The molecule has 0 radical (unpaired) electrons. The first-order valence-electron chi connectivity index (χ1n) is 8.31. The van der Waals surface area contributed by atoms with E-state index >= 15 is 0 Å². The van der Waals surface area contributed by atoms with Crippen LogP contribution in [0.15, 0.2) is 27.6 Å². The van der Waals surface area contributed by atoms with Gasteiger partial charge in [-0.2, -0.15) is 4.98 Å². The fraction of sp³-hybridized carbons (Fsp3) is 0.529. The Hall–Kier alpha value is -1.44. The van der Waals surface area contributed by atoms with Crippen LogP contribution in [-0.2, 0) is 35.5 Å². The molecule has 1 unspecified atom stereocenters. The molecule has 6 nitrogen and oxygen atoms in total. The Morgan fingerprint density at radius 2 is 2.04 bits per heavy atom. The van der Waals surface area contributed by atoms with Gasteiger partial charge in [0.15, 0.2) is 15.7 Å². The maximum absolute atomic E-state index is 12.5. The number of hydrogen-bond donors (Lipinski definition) is 1. The third kappa shape index (κ3) is 4.80. The normalized spacial score (nSPS) is 14.8. The fourth-order valence-electron chi connectivity index (χ4n) is 2.93. The molecule has 1 aliphatic carbocycles. The zero-order valence-electron chi connectivity index (χ0n) is 14.5. The highest BCUT2D eigenvalue weighted by atomic mass is 35.5. The summed E-state index contributed by atoms with van der Waals surface area (Å²) in [5, 5.41) is 7.01. The van der Waals surface area contributed by atoms with Crippen molar-refractivity contribution in [2.75, 3.05) is 12.8 Å². The molecule has 1 heterocycles. The summed E-state index contributed by atoms with van der Waals surface area (Å²) in [4.78, 5) is 4.67. The van der Waals surface area contributed by atoms with Crippen LogP contribution in [0.5, 0.6) is 0 Å². The number of rotatable bonds is 7. The third-order valence-electron chi connectivity index (χ3n) is 4.51. The van der Waals surface area contributed by atoms with Gasteiger partial charge in [-0.1, -0.05) is 11.2 Å². The van der Waals surface area contributed by atoms with Gasteiger partial charge in [0, 0.05) is 18.9 Å². The Labute approximate surface area is 154 Å². The van der Waals surface area contributed by atoms with Gasteiger partial charge in [0.25, 0.3) is 0 Å². The fourth-order valence-corrected chi connectivity index (χ4v) is 4.21. The summed E-state index contributed by atoms with van der Waals surface area (Å²) in [6, 6.07) is 5.73. The van der Waals surface area contributed by atoms with Crippen molar-refractivity contribution in [2.24, 2.45) is 0 Å². The molecule has 3 rings (SSSR count). The highest BCUT2D eigenvalue weighted by Gasteiger charge is 2.20. The Morgan fingerprint density at radius 1 is 1.28 bits per heavy atom. The summed E-state index contributed by atoms with van der Waals surface area (Å²) in [6.45, 7) is 2.02. The Kier molecular flexibility index (Phi) is 6.59. The second-order valence-corrected chi connectivity index (χ2v) is 8.46. The quantitative estimate of drug-likeness (QED) is 0.786. The lowest BCUT2D eigenvalue weighted by Crippen LogP contribution is -2.24. The van der Waals surface area contributed by atoms with Gasteiger partial charge in [-0.25, -0.2) is 8.42 Å². The molecule has 0 aliphatic heterocycles. The average molecular weight is 386 g/mol. The number of benzene rings is 1. The molecule has 0 saturated heterocycles. The summed E-state index contributed by atoms with van der Waals surface area (Å²) in [6.07, 6.45) is 4.01. The van der Waals surface area contributed by atoms with Gasteiger partial charge in [-0.05, 0) is 56.5 Å². The Balaban J connectivity index is 0.00000225. The highest BCUT2D eigenvalue weighted by molar-refractivity contribution is 7.91. The predicted molar refractivity (Wildman–Crippen MR) is 98.0 cm³/mol. The van der Waals surface area contributed by atoms with Crippen LogP contribution in [0.4, 0.5) is 0 Å². The van der Waals surface area contributed by atoms with Crippen molar-refractivity contribution < 1.29 is 12.9 Å². The minimum Gasteiger partial charge on any atom is -0.339 e. The zero-order chi connectivity index (χ0) is 17.2.